The molecule has 1 amide bonds. The first-order valence-electron chi connectivity index (χ1n) is 6.34. The van der Waals surface area contributed by atoms with Gasteiger partial charge >= 0.3 is 0 Å². The predicted molar refractivity (Wildman–Crippen MR) is 76.1 cm³/mol. The number of carbonyl (C=O) groups is 1. The highest BCUT2D eigenvalue weighted by Crippen LogP contribution is 2.32. The molecule has 7 nitrogen and oxygen atoms in total. The average Bonchev–Trinajstić information content (AvgIpc) is 3.11. The number of benzene rings is 1. The van der Waals surface area contributed by atoms with E-state index in [1.165, 1.54) is 11.8 Å². The molecular weight excluding hydrogens is 292 g/mol. The first kappa shape index (κ1) is 13.7. The summed E-state index contributed by atoms with van der Waals surface area (Å²) in [5, 5.41) is 11.2. The highest BCUT2D eigenvalue weighted by Gasteiger charge is 2.13. The van der Waals surface area contributed by atoms with E-state index in [1.807, 2.05) is 25.2 Å². The lowest BCUT2D eigenvalue weighted by Crippen LogP contribution is -2.24. The fourth-order valence-electron chi connectivity index (χ4n) is 1.84. The Morgan fingerprint density at radius 1 is 1.43 bits per heavy atom. The van der Waals surface area contributed by atoms with Gasteiger partial charge in [-0.2, -0.15) is 0 Å². The summed E-state index contributed by atoms with van der Waals surface area (Å²) in [6.07, 6.45) is 1.60. The number of aryl methyl sites for hydroxylation is 1. The summed E-state index contributed by atoms with van der Waals surface area (Å²) >= 11 is 1.35. The number of thioether (sulfide) groups is 1. The highest BCUT2D eigenvalue weighted by molar-refractivity contribution is 7.99. The lowest BCUT2D eigenvalue weighted by Gasteiger charge is -2.06. The summed E-state index contributed by atoms with van der Waals surface area (Å²) in [6.45, 7) is 0.703. The number of ether oxygens (including phenoxy) is 2. The van der Waals surface area contributed by atoms with Crippen molar-refractivity contribution in [1.82, 2.24) is 20.1 Å². The topological polar surface area (TPSA) is 78.3 Å². The standard InChI is InChI=1S/C13H14N4O3S/c1-17-7-15-16-13(17)21-6-12(18)14-5-9-2-3-10-11(4-9)20-8-19-10/h2-4,7H,5-6,8H2,1H3,(H,14,18). The lowest BCUT2D eigenvalue weighted by molar-refractivity contribution is -0.118. The monoisotopic (exact) mass is 306 g/mol. The molecule has 8 heteroatoms. The van der Waals surface area contributed by atoms with Gasteiger partial charge in [-0.3, -0.25) is 4.79 Å². The fourth-order valence-corrected chi connectivity index (χ4v) is 2.55. The Balaban J connectivity index is 1.48. The maximum absolute atomic E-state index is 11.8. The number of carbonyl (C=O) groups excluding carboxylic acids is 1. The minimum Gasteiger partial charge on any atom is -0.454 e. The van der Waals surface area contributed by atoms with E-state index in [-0.39, 0.29) is 12.7 Å². The molecule has 1 N–H and O–H groups in total. The minimum absolute atomic E-state index is 0.0549. The Labute approximate surface area is 125 Å². The summed E-state index contributed by atoms with van der Waals surface area (Å²) in [4.78, 5) is 11.8. The van der Waals surface area contributed by atoms with Crippen LogP contribution in [0.25, 0.3) is 0 Å². The molecule has 0 spiro atoms. The van der Waals surface area contributed by atoms with Crippen molar-refractivity contribution in [2.24, 2.45) is 7.05 Å². The molecular formula is C13H14N4O3S. The van der Waals surface area contributed by atoms with Crippen LogP contribution in [-0.4, -0.2) is 33.2 Å². The summed E-state index contributed by atoms with van der Waals surface area (Å²) in [7, 11) is 1.84. The zero-order valence-electron chi connectivity index (χ0n) is 11.4. The zero-order valence-corrected chi connectivity index (χ0v) is 12.2. The van der Waals surface area contributed by atoms with E-state index >= 15 is 0 Å². The molecule has 0 saturated heterocycles. The number of amides is 1. The first-order chi connectivity index (χ1) is 10.2. The number of aromatic nitrogens is 3. The molecule has 0 fully saturated rings. The van der Waals surface area contributed by atoms with Crippen LogP contribution in [0.15, 0.2) is 29.7 Å². The number of hydrogen-bond acceptors (Lipinski definition) is 6. The fraction of sp³-hybridized carbons (Fsp3) is 0.308. The molecule has 110 valence electrons. The van der Waals surface area contributed by atoms with E-state index in [4.69, 9.17) is 9.47 Å². The Bertz CT molecular complexity index is 659. The Hall–Kier alpha value is -2.22. The van der Waals surface area contributed by atoms with Gasteiger partial charge in [0.2, 0.25) is 12.7 Å². The summed E-state index contributed by atoms with van der Waals surface area (Å²) in [5.41, 5.74) is 0.969. The van der Waals surface area contributed by atoms with Crippen molar-refractivity contribution in [3.8, 4) is 11.5 Å². The van der Waals surface area contributed by atoms with Crippen molar-refractivity contribution >= 4 is 17.7 Å². The highest BCUT2D eigenvalue weighted by atomic mass is 32.2. The molecule has 1 aliphatic heterocycles. The number of nitrogens with one attached hydrogen (secondary N) is 1. The summed E-state index contributed by atoms with van der Waals surface area (Å²) < 4.78 is 12.3. The Morgan fingerprint density at radius 3 is 3.10 bits per heavy atom. The second-order valence-electron chi connectivity index (χ2n) is 4.48. The van der Waals surface area contributed by atoms with Crippen molar-refractivity contribution < 1.29 is 14.3 Å². The number of nitrogens with zero attached hydrogens (tertiary/aromatic N) is 3. The van der Waals surface area contributed by atoms with Gasteiger partial charge in [-0.1, -0.05) is 17.8 Å². The van der Waals surface area contributed by atoms with Crippen LogP contribution in [0.2, 0.25) is 0 Å². The van der Waals surface area contributed by atoms with E-state index in [0.717, 1.165) is 17.1 Å². The average molecular weight is 306 g/mol. The summed E-state index contributed by atoms with van der Waals surface area (Å²) in [6, 6.07) is 5.63. The van der Waals surface area contributed by atoms with Crippen LogP contribution in [0.5, 0.6) is 11.5 Å². The SMILES string of the molecule is Cn1cnnc1SCC(=O)NCc1ccc2c(c1)OCO2. The van der Waals surface area contributed by atoms with Crippen molar-refractivity contribution in [2.75, 3.05) is 12.5 Å². The predicted octanol–water partition coefficient (Wildman–Crippen LogP) is 0.952. The van der Waals surface area contributed by atoms with Crippen LogP contribution in [0.1, 0.15) is 5.56 Å². The van der Waals surface area contributed by atoms with Crippen LogP contribution in [0, 0.1) is 0 Å². The molecule has 2 heterocycles. The van der Waals surface area contributed by atoms with Crippen LogP contribution in [0.3, 0.4) is 0 Å². The molecule has 1 aromatic heterocycles. The molecule has 0 saturated carbocycles. The van der Waals surface area contributed by atoms with Gasteiger partial charge in [0.05, 0.1) is 5.75 Å². The van der Waals surface area contributed by atoms with Crippen molar-refractivity contribution in [3.63, 3.8) is 0 Å². The van der Waals surface area contributed by atoms with Gasteiger partial charge in [-0.25, -0.2) is 0 Å². The van der Waals surface area contributed by atoms with Crippen molar-refractivity contribution in [1.29, 1.82) is 0 Å². The third-order valence-corrected chi connectivity index (χ3v) is 3.96. The molecule has 21 heavy (non-hydrogen) atoms. The molecule has 3 rings (SSSR count). The normalized spacial score (nSPS) is 12.4. The van der Waals surface area contributed by atoms with E-state index in [1.54, 1.807) is 10.9 Å². The number of fused-ring (bicyclic) bond motifs is 1. The summed E-state index contributed by atoms with van der Waals surface area (Å²) in [5.74, 6) is 1.70. The van der Waals surface area contributed by atoms with Gasteiger partial charge in [0.1, 0.15) is 6.33 Å². The maximum Gasteiger partial charge on any atom is 0.231 e. The maximum atomic E-state index is 11.8. The first-order valence-corrected chi connectivity index (χ1v) is 7.33. The molecule has 2 aromatic rings. The van der Waals surface area contributed by atoms with Gasteiger partial charge in [0.15, 0.2) is 16.7 Å². The van der Waals surface area contributed by atoms with E-state index in [9.17, 15) is 4.79 Å². The van der Waals surface area contributed by atoms with Crippen molar-refractivity contribution in [2.45, 2.75) is 11.7 Å². The minimum atomic E-state index is -0.0549. The second-order valence-corrected chi connectivity index (χ2v) is 5.42. The number of hydrogen-bond donors (Lipinski definition) is 1. The smallest absolute Gasteiger partial charge is 0.231 e. The van der Waals surface area contributed by atoms with Crippen molar-refractivity contribution in [3.05, 3.63) is 30.1 Å². The van der Waals surface area contributed by atoms with E-state index < -0.39 is 0 Å². The van der Waals surface area contributed by atoms with E-state index in [0.29, 0.717) is 17.5 Å². The quantitative estimate of drug-likeness (QED) is 0.829. The molecule has 0 bridgehead atoms. The molecule has 1 aliphatic rings. The van der Waals surface area contributed by atoms with Crippen LogP contribution in [0.4, 0.5) is 0 Å². The molecule has 1 aromatic carbocycles. The van der Waals surface area contributed by atoms with Gasteiger partial charge in [0.25, 0.3) is 0 Å². The van der Waals surface area contributed by atoms with E-state index in [2.05, 4.69) is 15.5 Å². The van der Waals surface area contributed by atoms with Crippen LogP contribution < -0.4 is 14.8 Å². The lowest BCUT2D eigenvalue weighted by atomic mass is 10.2. The third-order valence-electron chi connectivity index (χ3n) is 2.93. The number of rotatable bonds is 5. The largest absolute Gasteiger partial charge is 0.454 e. The molecule has 0 atom stereocenters. The molecule has 0 radical (unpaired) electrons. The van der Waals surface area contributed by atoms with Crippen LogP contribution >= 0.6 is 11.8 Å². The second kappa shape index (κ2) is 6.04. The van der Waals surface area contributed by atoms with Gasteiger partial charge in [-0.15, -0.1) is 10.2 Å². The zero-order chi connectivity index (χ0) is 14.7. The molecule has 0 aliphatic carbocycles. The van der Waals surface area contributed by atoms with Gasteiger partial charge in [0, 0.05) is 13.6 Å². The van der Waals surface area contributed by atoms with Gasteiger partial charge < -0.3 is 19.4 Å². The van der Waals surface area contributed by atoms with Crippen LogP contribution in [-0.2, 0) is 18.4 Å². The molecule has 0 unspecified atom stereocenters. The Morgan fingerprint density at radius 2 is 2.29 bits per heavy atom. The third kappa shape index (κ3) is 3.27. The Kier molecular flexibility index (Phi) is 3.96. The van der Waals surface area contributed by atoms with Gasteiger partial charge in [-0.05, 0) is 17.7 Å².